The normalized spacial score (nSPS) is 21.3. The van der Waals surface area contributed by atoms with Gasteiger partial charge in [-0.2, -0.15) is 0 Å². The summed E-state index contributed by atoms with van der Waals surface area (Å²) in [6.45, 7) is 0.502. The Balaban J connectivity index is 1.29. The van der Waals surface area contributed by atoms with Crippen molar-refractivity contribution in [3.63, 3.8) is 0 Å². The molecule has 0 saturated carbocycles. The molecule has 4 heterocycles. The molecular weight excluding hydrogens is 384 g/mol. The van der Waals surface area contributed by atoms with Gasteiger partial charge in [-0.3, -0.25) is 19.4 Å². The van der Waals surface area contributed by atoms with Crippen molar-refractivity contribution in [2.45, 2.75) is 44.1 Å². The van der Waals surface area contributed by atoms with Crippen LogP contribution in [0.4, 0.5) is 0 Å². The van der Waals surface area contributed by atoms with E-state index in [0.717, 1.165) is 30.7 Å². The third-order valence-electron chi connectivity index (χ3n) is 5.20. The summed E-state index contributed by atoms with van der Waals surface area (Å²) in [5, 5.41) is 21.1. The quantitative estimate of drug-likeness (QED) is 0.608. The lowest BCUT2D eigenvalue weighted by molar-refractivity contribution is -0.0912. The number of hydrogen-bond donors (Lipinski definition) is 2. The standard InChI is InChI=1S/C21H24N6O3/c28-14-20-18(24-21(29)15-6-10-22-11-7-15)5-4-16(30-20)8-12-27-13-19(25-26-27)17-3-1-2-9-23-17/h1-3,6-7,9-11,13,16,18,20,28H,4-5,8,12,14H2,(H,24,29)/t16-,18-,20-/m1/s1. The number of hydrogen-bond acceptors (Lipinski definition) is 7. The first-order valence-corrected chi connectivity index (χ1v) is 10.0. The molecule has 0 bridgehead atoms. The highest BCUT2D eigenvalue weighted by Gasteiger charge is 2.32. The molecule has 1 aliphatic heterocycles. The van der Waals surface area contributed by atoms with Crippen LogP contribution >= 0.6 is 0 Å². The van der Waals surface area contributed by atoms with E-state index in [4.69, 9.17) is 4.74 Å². The monoisotopic (exact) mass is 408 g/mol. The average Bonchev–Trinajstić information content (AvgIpc) is 3.28. The van der Waals surface area contributed by atoms with E-state index in [0.29, 0.717) is 12.1 Å². The summed E-state index contributed by atoms with van der Waals surface area (Å²) in [4.78, 5) is 20.6. The Labute approximate surface area is 174 Å². The Bertz CT molecular complexity index is 950. The number of ether oxygens (including phenoxy) is 1. The van der Waals surface area contributed by atoms with Crippen molar-refractivity contribution in [1.82, 2.24) is 30.3 Å². The number of aromatic nitrogens is 5. The molecule has 0 aromatic carbocycles. The van der Waals surface area contributed by atoms with Crippen molar-refractivity contribution in [3.05, 3.63) is 60.7 Å². The lowest BCUT2D eigenvalue weighted by atomic mass is 9.97. The number of amides is 1. The Morgan fingerprint density at radius 2 is 2.03 bits per heavy atom. The van der Waals surface area contributed by atoms with E-state index < -0.39 is 6.10 Å². The first-order valence-electron chi connectivity index (χ1n) is 10.0. The zero-order chi connectivity index (χ0) is 20.8. The van der Waals surface area contributed by atoms with Crippen molar-refractivity contribution in [1.29, 1.82) is 0 Å². The Hall–Kier alpha value is -3.17. The summed E-state index contributed by atoms with van der Waals surface area (Å²) in [6, 6.07) is 8.76. The zero-order valence-electron chi connectivity index (χ0n) is 16.5. The fourth-order valence-corrected chi connectivity index (χ4v) is 3.58. The molecule has 0 radical (unpaired) electrons. The molecule has 0 unspecified atom stereocenters. The number of nitrogens with one attached hydrogen (secondary N) is 1. The maximum Gasteiger partial charge on any atom is 0.251 e. The van der Waals surface area contributed by atoms with Crippen LogP contribution in [0.2, 0.25) is 0 Å². The zero-order valence-corrected chi connectivity index (χ0v) is 16.5. The molecule has 2 N–H and O–H groups in total. The average molecular weight is 408 g/mol. The van der Waals surface area contributed by atoms with Crippen molar-refractivity contribution in [2.75, 3.05) is 6.61 Å². The fraction of sp³-hybridized carbons (Fsp3) is 0.381. The summed E-state index contributed by atoms with van der Waals surface area (Å²) in [5.74, 6) is -0.187. The molecule has 3 atom stereocenters. The van der Waals surface area contributed by atoms with Crippen molar-refractivity contribution in [2.24, 2.45) is 0 Å². The second-order valence-electron chi connectivity index (χ2n) is 7.24. The van der Waals surface area contributed by atoms with Crippen LogP contribution < -0.4 is 5.32 Å². The van der Waals surface area contributed by atoms with Crippen LogP contribution in [0.1, 0.15) is 29.6 Å². The Morgan fingerprint density at radius 3 is 2.80 bits per heavy atom. The molecule has 1 aliphatic rings. The maximum absolute atomic E-state index is 12.4. The summed E-state index contributed by atoms with van der Waals surface area (Å²) < 4.78 is 7.82. The van der Waals surface area contributed by atoms with Gasteiger partial charge in [0.2, 0.25) is 0 Å². The number of aryl methyl sites for hydroxylation is 1. The van der Waals surface area contributed by atoms with Crippen LogP contribution in [0.5, 0.6) is 0 Å². The van der Waals surface area contributed by atoms with Gasteiger partial charge in [-0.05, 0) is 43.5 Å². The smallest absolute Gasteiger partial charge is 0.251 e. The fourth-order valence-electron chi connectivity index (χ4n) is 3.58. The molecule has 1 amide bonds. The van der Waals surface area contributed by atoms with E-state index in [2.05, 4.69) is 25.6 Å². The molecule has 9 nitrogen and oxygen atoms in total. The van der Waals surface area contributed by atoms with Gasteiger partial charge in [0.1, 0.15) is 11.8 Å². The molecule has 4 rings (SSSR count). The number of aliphatic hydroxyl groups excluding tert-OH is 1. The second kappa shape index (κ2) is 9.55. The van der Waals surface area contributed by atoms with Gasteiger partial charge in [-0.25, -0.2) is 0 Å². The van der Waals surface area contributed by atoms with Gasteiger partial charge in [0.15, 0.2) is 0 Å². The highest BCUT2D eigenvalue weighted by atomic mass is 16.5. The van der Waals surface area contributed by atoms with Gasteiger partial charge in [0.25, 0.3) is 5.91 Å². The minimum atomic E-state index is -0.436. The summed E-state index contributed by atoms with van der Waals surface area (Å²) in [5.41, 5.74) is 2.05. The van der Waals surface area contributed by atoms with E-state index in [1.54, 1.807) is 35.4 Å². The van der Waals surface area contributed by atoms with Crippen molar-refractivity contribution in [3.8, 4) is 11.4 Å². The van der Waals surface area contributed by atoms with E-state index in [9.17, 15) is 9.90 Å². The molecule has 9 heteroatoms. The maximum atomic E-state index is 12.4. The molecule has 1 fully saturated rings. The minimum absolute atomic E-state index is 0.0151. The van der Waals surface area contributed by atoms with Gasteiger partial charge in [-0.15, -0.1) is 5.10 Å². The van der Waals surface area contributed by atoms with Crippen LogP contribution in [0, 0.1) is 0 Å². The number of carbonyl (C=O) groups is 1. The topological polar surface area (TPSA) is 115 Å². The molecule has 156 valence electrons. The van der Waals surface area contributed by atoms with E-state index in [-0.39, 0.29) is 24.7 Å². The first-order chi connectivity index (χ1) is 14.7. The molecule has 1 saturated heterocycles. The lowest BCUT2D eigenvalue weighted by Crippen LogP contribution is -2.51. The molecule has 0 spiro atoms. The molecule has 3 aromatic heterocycles. The Kier molecular flexibility index (Phi) is 6.41. The number of pyridine rings is 2. The SMILES string of the molecule is O=C(N[C@@H]1CC[C@H](CCn2cc(-c3ccccn3)nn2)O[C@@H]1CO)c1ccncc1. The first kappa shape index (κ1) is 20.1. The largest absolute Gasteiger partial charge is 0.394 e. The Morgan fingerprint density at radius 1 is 1.17 bits per heavy atom. The number of carbonyl (C=O) groups excluding carboxylic acids is 1. The molecule has 30 heavy (non-hydrogen) atoms. The van der Waals surface area contributed by atoms with Gasteiger partial charge in [-0.1, -0.05) is 11.3 Å². The van der Waals surface area contributed by atoms with E-state index in [1.807, 2.05) is 24.4 Å². The third-order valence-corrected chi connectivity index (χ3v) is 5.20. The summed E-state index contributed by atoms with van der Waals surface area (Å²) >= 11 is 0. The molecule has 0 aliphatic carbocycles. The van der Waals surface area contributed by atoms with Gasteiger partial charge in [0, 0.05) is 30.7 Å². The van der Waals surface area contributed by atoms with Crippen LogP contribution in [0.15, 0.2) is 55.1 Å². The van der Waals surface area contributed by atoms with Crippen LogP contribution in [0.3, 0.4) is 0 Å². The molecule has 3 aromatic rings. The minimum Gasteiger partial charge on any atom is -0.394 e. The van der Waals surface area contributed by atoms with Crippen LogP contribution in [0.25, 0.3) is 11.4 Å². The lowest BCUT2D eigenvalue weighted by Gasteiger charge is -2.36. The predicted molar refractivity (Wildman–Crippen MR) is 108 cm³/mol. The van der Waals surface area contributed by atoms with Gasteiger partial charge < -0.3 is 15.2 Å². The van der Waals surface area contributed by atoms with Crippen LogP contribution in [-0.4, -0.2) is 60.8 Å². The highest BCUT2D eigenvalue weighted by Crippen LogP contribution is 2.23. The van der Waals surface area contributed by atoms with E-state index >= 15 is 0 Å². The third kappa shape index (κ3) is 4.87. The highest BCUT2D eigenvalue weighted by molar-refractivity contribution is 5.94. The van der Waals surface area contributed by atoms with Gasteiger partial charge >= 0.3 is 0 Å². The van der Waals surface area contributed by atoms with Crippen LogP contribution in [-0.2, 0) is 11.3 Å². The summed E-state index contributed by atoms with van der Waals surface area (Å²) in [6.07, 6.45) is 8.57. The summed E-state index contributed by atoms with van der Waals surface area (Å²) in [7, 11) is 0. The number of rotatable bonds is 7. The molecular formula is C21H24N6O3. The number of aliphatic hydroxyl groups is 1. The predicted octanol–water partition coefficient (Wildman–Crippen LogP) is 1.46. The number of nitrogens with zero attached hydrogens (tertiary/aromatic N) is 5. The second-order valence-corrected chi connectivity index (χ2v) is 7.24. The van der Waals surface area contributed by atoms with Crippen molar-refractivity contribution >= 4 is 5.91 Å². The van der Waals surface area contributed by atoms with Crippen molar-refractivity contribution < 1.29 is 14.6 Å². The van der Waals surface area contributed by atoms with Gasteiger partial charge in [0.05, 0.1) is 30.6 Å². The van der Waals surface area contributed by atoms with E-state index in [1.165, 1.54) is 0 Å².